The molecule has 0 aromatic carbocycles. The van der Waals surface area contributed by atoms with E-state index in [2.05, 4.69) is 0 Å². The number of nitrogens with zero attached hydrogens (tertiary/aromatic N) is 1. The Bertz CT molecular complexity index is 466. The molecule has 16 heavy (non-hydrogen) atoms. The number of imide groups is 2. The standard InChI is InChI=1S/C10H10N2O3S/c1-2-6-3-4-16-7(6)5-12-9(14)8(13)11-10(12)15/h3-4H,2,5H2,1H3,(H,11,13,15). The summed E-state index contributed by atoms with van der Waals surface area (Å²) >= 11 is 1.48. The lowest BCUT2D eigenvalue weighted by Gasteiger charge is -2.10. The van der Waals surface area contributed by atoms with Crippen LogP contribution >= 0.6 is 11.3 Å². The molecule has 1 aromatic rings. The Labute approximate surface area is 96.0 Å². The zero-order chi connectivity index (χ0) is 11.7. The van der Waals surface area contributed by atoms with Gasteiger partial charge < -0.3 is 0 Å². The van der Waals surface area contributed by atoms with Gasteiger partial charge in [-0.05, 0) is 23.4 Å². The highest BCUT2D eigenvalue weighted by Crippen LogP contribution is 2.20. The molecule has 0 aliphatic carbocycles. The van der Waals surface area contributed by atoms with E-state index in [1.165, 1.54) is 11.3 Å². The monoisotopic (exact) mass is 238 g/mol. The average Bonchev–Trinajstić information content (AvgIpc) is 2.79. The van der Waals surface area contributed by atoms with Gasteiger partial charge in [0.2, 0.25) is 0 Å². The van der Waals surface area contributed by atoms with Gasteiger partial charge >= 0.3 is 17.8 Å². The van der Waals surface area contributed by atoms with Crippen LogP contribution in [0.2, 0.25) is 0 Å². The van der Waals surface area contributed by atoms with Crippen LogP contribution in [-0.4, -0.2) is 22.7 Å². The minimum atomic E-state index is -0.848. The zero-order valence-corrected chi connectivity index (χ0v) is 9.47. The lowest BCUT2D eigenvalue weighted by molar-refractivity contribution is -0.140. The first-order valence-corrected chi connectivity index (χ1v) is 5.73. The van der Waals surface area contributed by atoms with Crippen molar-refractivity contribution < 1.29 is 14.4 Å². The molecule has 0 spiro atoms. The van der Waals surface area contributed by atoms with Crippen molar-refractivity contribution in [1.29, 1.82) is 0 Å². The topological polar surface area (TPSA) is 66.5 Å². The van der Waals surface area contributed by atoms with Gasteiger partial charge in [0, 0.05) is 4.88 Å². The molecule has 1 aliphatic heterocycles. The maximum atomic E-state index is 11.3. The molecule has 1 saturated heterocycles. The van der Waals surface area contributed by atoms with Crippen LogP contribution in [0.4, 0.5) is 4.79 Å². The van der Waals surface area contributed by atoms with Crippen LogP contribution in [0.3, 0.4) is 0 Å². The molecule has 5 nitrogen and oxygen atoms in total. The van der Waals surface area contributed by atoms with Gasteiger partial charge in [0.25, 0.3) is 0 Å². The molecule has 6 heteroatoms. The lowest BCUT2D eigenvalue weighted by Crippen LogP contribution is -2.30. The fourth-order valence-corrected chi connectivity index (χ4v) is 2.50. The molecule has 1 N–H and O–H groups in total. The molecule has 0 atom stereocenters. The molecular weight excluding hydrogens is 228 g/mol. The Hall–Kier alpha value is -1.69. The van der Waals surface area contributed by atoms with E-state index in [9.17, 15) is 14.4 Å². The Morgan fingerprint density at radius 1 is 1.38 bits per heavy atom. The maximum Gasteiger partial charge on any atom is 0.331 e. The third-order valence-electron chi connectivity index (χ3n) is 2.43. The highest BCUT2D eigenvalue weighted by Gasteiger charge is 2.37. The molecule has 84 valence electrons. The van der Waals surface area contributed by atoms with Crippen LogP contribution in [0, 0.1) is 0 Å². The van der Waals surface area contributed by atoms with Crippen molar-refractivity contribution in [3.8, 4) is 0 Å². The summed E-state index contributed by atoms with van der Waals surface area (Å²) in [7, 11) is 0. The molecule has 0 bridgehead atoms. The van der Waals surface area contributed by atoms with Crippen LogP contribution in [0.5, 0.6) is 0 Å². The van der Waals surface area contributed by atoms with Crippen molar-refractivity contribution in [2.24, 2.45) is 0 Å². The predicted molar refractivity (Wildman–Crippen MR) is 57.8 cm³/mol. The average molecular weight is 238 g/mol. The van der Waals surface area contributed by atoms with Gasteiger partial charge in [0.15, 0.2) is 0 Å². The first-order chi connectivity index (χ1) is 7.63. The maximum absolute atomic E-state index is 11.3. The van der Waals surface area contributed by atoms with Gasteiger partial charge in [-0.3, -0.25) is 19.8 Å². The number of carbonyl (C=O) groups is 3. The summed E-state index contributed by atoms with van der Waals surface area (Å²) in [6, 6.07) is 1.32. The van der Waals surface area contributed by atoms with Gasteiger partial charge in [-0.1, -0.05) is 6.92 Å². The number of thiophene rings is 1. The summed E-state index contributed by atoms with van der Waals surface area (Å²) in [6.07, 6.45) is 0.844. The van der Waals surface area contributed by atoms with Crippen molar-refractivity contribution in [1.82, 2.24) is 10.2 Å². The number of carbonyl (C=O) groups excluding carboxylic acids is 3. The SMILES string of the molecule is CCc1ccsc1CN1C(=O)NC(=O)C1=O. The van der Waals surface area contributed by atoms with E-state index < -0.39 is 17.8 Å². The largest absolute Gasteiger partial charge is 0.331 e. The first-order valence-electron chi connectivity index (χ1n) is 4.85. The summed E-state index contributed by atoms with van der Waals surface area (Å²) < 4.78 is 0. The van der Waals surface area contributed by atoms with Crippen molar-refractivity contribution in [3.63, 3.8) is 0 Å². The Balaban J connectivity index is 2.19. The minimum Gasteiger partial charge on any atom is -0.269 e. The normalized spacial score (nSPS) is 15.8. The van der Waals surface area contributed by atoms with Crippen LogP contribution in [-0.2, 0) is 22.6 Å². The number of amides is 4. The third kappa shape index (κ3) is 1.71. The molecule has 2 rings (SSSR count). The second-order valence-electron chi connectivity index (χ2n) is 3.37. The van der Waals surface area contributed by atoms with Crippen LogP contribution in [0.25, 0.3) is 0 Å². The predicted octanol–water partition coefficient (Wildman–Crippen LogP) is 0.889. The molecule has 1 fully saturated rings. The summed E-state index contributed by atoms with van der Waals surface area (Å²) in [5.74, 6) is -1.62. The molecular formula is C10H10N2O3S. The van der Waals surface area contributed by atoms with E-state index in [0.717, 1.165) is 21.8 Å². The fraction of sp³-hybridized carbons (Fsp3) is 0.300. The van der Waals surface area contributed by atoms with Gasteiger partial charge in [-0.25, -0.2) is 4.79 Å². The summed E-state index contributed by atoms with van der Waals surface area (Å²) in [5.41, 5.74) is 1.10. The van der Waals surface area contributed by atoms with Crippen molar-refractivity contribution in [3.05, 3.63) is 21.9 Å². The summed E-state index contributed by atoms with van der Waals surface area (Å²) in [6.45, 7) is 2.18. The fourth-order valence-electron chi connectivity index (χ4n) is 1.54. The molecule has 2 heterocycles. The van der Waals surface area contributed by atoms with E-state index in [1.54, 1.807) is 0 Å². The number of aryl methyl sites for hydroxylation is 1. The van der Waals surface area contributed by atoms with Crippen LogP contribution < -0.4 is 5.32 Å². The molecule has 4 amide bonds. The van der Waals surface area contributed by atoms with E-state index in [-0.39, 0.29) is 6.54 Å². The van der Waals surface area contributed by atoms with Crippen LogP contribution in [0.1, 0.15) is 17.4 Å². The molecule has 1 aromatic heterocycles. The molecule has 0 unspecified atom stereocenters. The van der Waals surface area contributed by atoms with E-state index in [4.69, 9.17) is 0 Å². The second-order valence-corrected chi connectivity index (χ2v) is 4.37. The minimum absolute atomic E-state index is 0.178. The molecule has 0 saturated carbocycles. The highest BCUT2D eigenvalue weighted by atomic mass is 32.1. The zero-order valence-electron chi connectivity index (χ0n) is 8.65. The lowest BCUT2D eigenvalue weighted by atomic mass is 10.2. The smallest absolute Gasteiger partial charge is 0.269 e. The number of nitrogens with one attached hydrogen (secondary N) is 1. The summed E-state index contributed by atoms with van der Waals surface area (Å²) in [4.78, 5) is 35.5. The highest BCUT2D eigenvalue weighted by molar-refractivity contribution is 7.10. The Morgan fingerprint density at radius 2 is 2.12 bits per heavy atom. The Morgan fingerprint density at radius 3 is 2.69 bits per heavy atom. The second kappa shape index (κ2) is 4.05. The number of hydrogen-bond acceptors (Lipinski definition) is 4. The van der Waals surface area contributed by atoms with Gasteiger partial charge in [-0.15, -0.1) is 11.3 Å². The van der Waals surface area contributed by atoms with Gasteiger partial charge in [0.1, 0.15) is 0 Å². The van der Waals surface area contributed by atoms with Gasteiger partial charge in [0.05, 0.1) is 6.54 Å². The Kier molecular flexibility index (Phi) is 2.74. The first kappa shape index (κ1) is 10.8. The molecule has 1 aliphatic rings. The van der Waals surface area contributed by atoms with Crippen molar-refractivity contribution in [2.75, 3.05) is 0 Å². The summed E-state index contributed by atoms with van der Waals surface area (Å²) in [5, 5.41) is 3.88. The number of rotatable bonds is 3. The third-order valence-corrected chi connectivity index (χ3v) is 3.37. The molecule has 0 radical (unpaired) electrons. The van der Waals surface area contributed by atoms with E-state index >= 15 is 0 Å². The van der Waals surface area contributed by atoms with Crippen molar-refractivity contribution in [2.45, 2.75) is 19.9 Å². The number of hydrogen-bond donors (Lipinski definition) is 1. The van der Waals surface area contributed by atoms with Crippen molar-refractivity contribution >= 4 is 29.2 Å². The quantitative estimate of drug-likeness (QED) is 0.628. The van der Waals surface area contributed by atoms with E-state index in [0.29, 0.717) is 0 Å². The number of urea groups is 1. The van der Waals surface area contributed by atoms with Crippen LogP contribution in [0.15, 0.2) is 11.4 Å². The van der Waals surface area contributed by atoms with Gasteiger partial charge in [-0.2, -0.15) is 0 Å². The van der Waals surface area contributed by atoms with E-state index in [1.807, 2.05) is 23.7 Å².